The number of rotatable bonds is 7. The molecule has 2 aliphatic heterocycles. The van der Waals surface area contributed by atoms with E-state index >= 15 is 0 Å². The van der Waals surface area contributed by atoms with Crippen molar-refractivity contribution < 1.29 is 27.5 Å². The summed E-state index contributed by atoms with van der Waals surface area (Å²) in [6.07, 6.45) is 1.05. The molecule has 0 aliphatic carbocycles. The summed E-state index contributed by atoms with van der Waals surface area (Å²) in [6, 6.07) is 11.4. The van der Waals surface area contributed by atoms with E-state index < -0.39 is 10.0 Å². The van der Waals surface area contributed by atoms with Crippen molar-refractivity contribution >= 4 is 27.5 Å². The van der Waals surface area contributed by atoms with Crippen LogP contribution >= 0.6 is 0 Å². The zero-order valence-electron chi connectivity index (χ0n) is 19.3. The SMILES string of the molecule is CCN(CC)S(=O)(=O)c1cccc(C(=O)N2CCC(C(=O)Nc3ccc4c(c3)OCO4)CC2)c1. The Morgan fingerprint density at radius 3 is 2.44 bits per heavy atom. The van der Waals surface area contributed by atoms with Gasteiger partial charge in [-0.15, -0.1) is 0 Å². The molecule has 2 amide bonds. The van der Waals surface area contributed by atoms with Crippen molar-refractivity contribution in [3.05, 3.63) is 48.0 Å². The molecular formula is C24H29N3O6S. The fraction of sp³-hybridized carbons (Fsp3) is 0.417. The summed E-state index contributed by atoms with van der Waals surface area (Å²) in [6.45, 7) is 5.29. The molecule has 1 fully saturated rings. The Balaban J connectivity index is 1.37. The van der Waals surface area contributed by atoms with Crippen LogP contribution in [0.5, 0.6) is 11.5 Å². The minimum absolute atomic E-state index is 0.0988. The van der Waals surface area contributed by atoms with Gasteiger partial charge in [-0.3, -0.25) is 9.59 Å². The lowest BCUT2D eigenvalue weighted by Gasteiger charge is -2.31. The third-order valence-electron chi connectivity index (χ3n) is 6.22. The van der Waals surface area contributed by atoms with E-state index in [4.69, 9.17) is 9.47 Å². The van der Waals surface area contributed by atoms with Gasteiger partial charge in [0.1, 0.15) is 0 Å². The molecule has 0 radical (unpaired) electrons. The molecule has 1 N–H and O–H groups in total. The van der Waals surface area contributed by atoms with E-state index in [0.717, 1.165) is 0 Å². The van der Waals surface area contributed by atoms with E-state index in [2.05, 4.69) is 5.32 Å². The van der Waals surface area contributed by atoms with Crippen LogP contribution in [-0.4, -0.2) is 62.4 Å². The monoisotopic (exact) mass is 487 g/mol. The van der Waals surface area contributed by atoms with Crippen molar-refractivity contribution in [2.75, 3.05) is 38.3 Å². The fourth-order valence-electron chi connectivity index (χ4n) is 4.25. The number of carbonyl (C=O) groups is 2. The molecule has 0 bridgehead atoms. The van der Waals surface area contributed by atoms with Crippen molar-refractivity contribution in [2.45, 2.75) is 31.6 Å². The van der Waals surface area contributed by atoms with Gasteiger partial charge in [-0.1, -0.05) is 19.9 Å². The lowest BCUT2D eigenvalue weighted by atomic mass is 9.95. The summed E-state index contributed by atoms with van der Waals surface area (Å²) in [5.41, 5.74) is 0.968. The molecule has 0 spiro atoms. The van der Waals surface area contributed by atoms with Crippen LogP contribution in [0, 0.1) is 5.92 Å². The first-order valence-electron chi connectivity index (χ1n) is 11.4. The second kappa shape index (κ2) is 10.0. The van der Waals surface area contributed by atoms with Gasteiger partial charge >= 0.3 is 0 Å². The van der Waals surface area contributed by atoms with E-state index in [9.17, 15) is 18.0 Å². The van der Waals surface area contributed by atoms with Crippen molar-refractivity contribution in [1.29, 1.82) is 0 Å². The smallest absolute Gasteiger partial charge is 0.253 e. The number of likely N-dealkylation sites (tertiary alicyclic amines) is 1. The van der Waals surface area contributed by atoms with E-state index in [-0.39, 0.29) is 29.4 Å². The predicted molar refractivity (Wildman–Crippen MR) is 126 cm³/mol. The first-order chi connectivity index (χ1) is 16.3. The Kier molecular flexibility index (Phi) is 7.08. The third kappa shape index (κ3) is 4.88. The van der Waals surface area contributed by atoms with Crippen molar-refractivity contribution in [2.24, 2.45) is 5.92 Å². The quantitative estimate of drug-likeness (QED) is 0.644. The molecule has 0 aromatic heterocycles. The van der Waals surface area contributed by atoms with Gasteiger partial charge in [-0.25, -0.2) is 8.42 Å². The number of sulfonamides is 1. The summed E-state index contributed by atoms with van der Waals surface area (Å²) in [5, 5.41) is 2.91. The molecule has 9 nitrogen and oxygen atoms in total. The lowest BCUT2D eigenvalue weighted by molar-refractivity contribution is -0.121. The van der Waals surface area contributed by atoms with Crippen molar-refractivity contribution in [3.63, 3.8) is 0 Å². The highest BCUT2D eigenvalue weighted by Crippen LogP contribution is 2.34. The minimum atomic E-state index is -3.65. The molecule has 2 aliphatic rings. The van der Waals surface area contributed by atoms with Crippen LogP contribution in [-0.2, 0) is 14.8 Å². The van der Waals surface area contributed by atoms with E-state index in [1.54, 1.807) is 49.1 Å². The van der Waals surface area contributed by atoms with Crippen LogP contribution in [0.3, 0.4) is 0 Å². The average Bonchev–Trinajstić information content (AvgIpc) is 3.32. The topological polar surface area (TPSA) is 105 Å². The number of hydrogen-bond acceptors (Lipinski definition) is 6. The Bertz CT molecular complexity index is 1170. The summed E-state index contributed by atoms with van der Waals surface area (Å²) in [5.74, 6) is 0.704. The van der Waals surface area contributed by atoms with Crippen LogP contribution in [0.2, 0.25) is 0 Å². The number of nitrogens with one attached hydrogen (secondary N) is 1. The molecule has 2 heterocycles. The van der Waals surface area contributed by atoms with Gasteiger partial charge in [0.2, 0.25) is 22.7 Å². The first kappa shape index (κ1) is 24.0. The Morgan fingerprint density at radius 1 is 1.03 bits per heavy atom. The van der Waals surface area contributed by atoms with Gasteiger partial charge in [0.05, 0.1) is 4.90 Å². The highest BCUT2D eigenvalue weighted by Gasteiger charge is 2.29. The molecule has 2 aromatic rings. The number of benzene rings is 2. The molecule has 0 saturated carbocycles. The normalized spacial score (nSPS) is 16.0. The van der Waals surface area contributed by atoms with Crippen LogP contribution in [0.1, 0.15) is 37.0 Å². The van der Waals surface area contributed by atoms with Crippen LogP contribution in [0.4, 0.5) is 5.69 Å². The maximum absolute atomic E-state index is 13.1. The number of fused-ring (bicyclic) bond motifs is 1. The fourth-order valence-corrected chi connectivity index (χ4v) is 5.75. The number of anilines is 1. The molecule has 2 aromatic carbocycles. The summed E-state index contributed by atoms with van der Waals surface area (Å²) < 4.78 is 37.6. The zero-order chi connectivity index (χ0) is 24.3. The van der Waals surface area contributed by atoms with Crippen molar-refractivity contribution in [3.8, 4) is 11.5 Å². The number of piperidine rings is 1. The Morgan fingerprint density at radius 2 is 1.74 bits per heavy atom. The largest absolute Gasteiger partial charge is 0.454 e. The summed E-state index contributed by atoms with van der Waals surface area (Å²) in [7, 11) is -3.65. The molecule has 10 heteroatoms. The van der Waals surface area contributed by atoms with Gasteiger partial charge < -0.3 is 19.7 Å². The standard InChI is InChI=1S/C24H29N3O6S/c1-3-27(4-2)34(30,31)20-7-5-6-18(14-20)24(29)26-12-10-17(11-13-26)23(28)25-19-8-9-21-22(15-19)33-16-32-21/h5-9,14-15,17H,3-4,10-13,16H2,1-2H3,(H,25,28). The number of nitrogens with zero attached hydrogens (tertiary/aromatic N) is 2. The van der Waals surface area contributed by atoms with E-state index in [0.29, 0.717) is 61.8 Å². The zero-order valence-corrected chi connectivity index (χ0v) is 20.1. The van der Waals surface area contributed by atoms with Gasteiger partial charge in [-0.05, 0) is 43.2 Å². The second-order valence-corrected chi connectivity index (χ2v) is 10.2. The molecule has 1 saturated heterocycles. The average molecular weight is 488 g/mol. The first-order valence-corrected chi connectivity index (χ1v) is 12.9. The molecule has 182 valence electrons. The molecular weight excluding hydrogens is 458 g/mol. The van der Waals surface area contributed by atoms with Crippen LogP contribution in [0.15, 0.2) is 47.4 Å². The van der Waals surface area contributed by atoms with E-state index in [1.165, 1.54) is 16.4 Å². The molecule has 0 unspecified atom stereocenters. The number of carbonyl (C=O) groups excluding carboxylic acids is 2. The molecule has 34 heavy (non-hydrogen) atoms. The number of hydrogen-bond donors (Lipinski definition) is 1. The summed E-state index contributed by atoms with van der Waals surface area (Å²) in [4.78, 5) is 27.6. The highest BCUT2D eigenvalue weighted by atomic mass is 32.2. The second-order valence-electron chi connectivity index (χ2n) is 8.24. The number of amides is 2. The van der Waals surface area contributed by atoms with Gasteiger partial charge in [0.15, 0.2) is 11.5 Å². The highest BCUT2D eigenvalue weighted by molar-refractivity contribution is 7.89. The molecule has 4 rings (SSSR count). The Hall–Kier alpha value is -3.11. The van der Waals surface area contributed by atoms with Gasteiger partial charge in [0, 0.05) is 49.4 Å². The third-order valence-corrected chi connectivity index (χ3v) is 8.26. The van der Waals surface area contributed by atoms with Crippen molar-refractivity contribution in [1.82, 2.24) is 9.21 Å². The van der Waals surface area contributed by atoms with Crippen LogP contribution < -0.4 is 14.8 Å². The molecule has 0 atom stereocenters. The predicted octanol–water partition coefficient (Wildman–Crippen LogP) is 2.94. The van der Waals surface area contributed by atoms with E-state index in [1.807, 2.05) is 0 Å². The van der Waals surface area contributed by atoms with Gasteiger partial charge in [-0.2, -0.15) is 4.31 Å². The minimum Gasteiger partial charge on any atom is -0.454 e. The summed E-state index contributed by atoms with van der Waals surface area (Å²) >= 11 is 0. The Labute approximate surface area is 199 Å². The van der Waals surface area contributed by atoms with Crippen LogP contribution in [0.25, 0.3) is 0 Å². The maximum atomic E-state index is 13.1. The lowest BCUT2D eigenvalue weighted by Crippen LogP contribution is -2.41. The number of ether oxygens (including phenoxy) is 2. The maximum Gasteiger partial charge on any atom is 0.253 e. The van der Waals surface area contributed by atoms with Gasteiger partial charge in [0.25, 0.3) is 5.91 Å².